The Labute approximate surface area is 203 Å². The Bertz CT molecular complexity index is 1520. The molecule has 0 unspecified atom stereocenters. The van der Waals surface area contributed by atoms with Gasteiger partial charge in [-0.25, -0.2) is 0 Å². The second kappa shape index (κ2) is 8.60. The Morgan fingerprint density at radius 1 is 0.914 bits per heavy atom. The quantitative estimate of drug-likeness (QED) is 0.401. The van der Waals surface area contributed by atoms with Crippen molar-refractivity contribution in [1.82, 2.24) is 29.9 Å². The summed E-state index contributed by atoms with van der Waals surface area (Å²) in [6.07, 6.45) is 3.78. The molecule has 5 aromatic rings. The topological polar surface area (TPSA) is 80.0 Å². The lowest BCUT2D eigenvalue weighted by Crippen LogP contribution is -2.44. The average Bonchev–Trinajstić information content (AvgIpc) is 3.23. The van der Waals surface area contributed by atoms with E-state index in [4.69, 9.17) is 0 Å². The minimum atomic E-state index is 0.222. The summed E-state index contributed by atoms with van der Waals surface area (Å²) in [6.45, 7) is 5.33. The van der Waals surface area contributed by atoms with Gasteiger partial charge in [-0.1, -0.05) is 37.3 Å². The van der Waals surface area contributed by atoms with Crippen LogP contribution in [0.5, 0.6) is 5.75 Å². The molecule has 2 aromatic carbocycles. The van der Waals surface area contributed by atoms with Crippen molar-refractivity contribution in [2.24, 2.45) is 7.05 Å². The Morgan fingerprint density at radius 2 is 1.77 bits per heavy atom. The van der Waals surface area contributed by atoms with E-state index in [1.165, 1.54) is 0 Å². The first-order valence-corrected chi connectivity index (χ1v) is 11.9. The monoisotopic (exact) mass is 462 g/mol. The fourth-order valence-corrected chi connectivity index (χ4v) is 4.78. The number of aromatic hydroxyl groups is 1. The Morgan fingerprint density at radius 3 is 2.54 bits per heavy atom. The van der Waals surface area contributed by atoms with E-state index in [2.05, 4.69) is 44.2 Å². The van der Waals surface area contributed by atoms with Crippen LogP contribution in [0.4, 0.5) is 0 Å². The van der Waals surface area contributed by atoms with Crippen LogP contribution in [0.2, 0.25) is 0 Å². The van der Waals surface area contributed by atoms with Crippen molar-refractivity contribution in [3.05, 3.63) is 78.8 Å². The molecule has 6 rings (SSSR count). The molecule has 1 fully saturated rings. The van der Waals surface area contributed by atoms with Gasteiger partial charge in [-0.15, -0.1) is 0 Å². The van der Waals surface area contributed by atoms with E-state index in [-0.39, 0.29) is 5.75 Å². The molecule has 1 aliphatic rings. The standard InChI is InChI=1S/C28H26N6O/c1-3-34-16-20(17-34)24-10-11-25(31-30-24)21-9-8-18(12-23(21)22-6-4-5-7-28(22)35)26-13-19-15-33(2)32-27(19)14-29-26/h4-15,20,35H,3,16-17H2,1-2H3. The molecule has 35 heavy (non-hydrogen) atoms. The number of hydrogen-bond acceptors (Lipinski definition) is 6. The molecule has 0 bridgehead atoms. The molecular formula is C28H26N6O. The lowest BCUT2D eigenvalue weighted by molar-refractivity contribution is 0.154. The molecule has 4 heterocycles. The number of benzene rings is 2. The summed E-state index contributed by atoms with van der Waals surface area (Å²) in [7, 11) is 1.90. The Balaban J connectivity index is 1.42. The zero-order valence-electron chi connectivity index (χ0n) is 19.8. The highest BCUT2D eigenvalue weighted by molar-refractivity contribution is 5.89. The van der Waals surface area contributed by atoms with Crippen LogP contribution in [0, 0.1) is 0 Å². The summed E-state index contributed by atoms with van der Waals surface area (Å²) in [4.78, 5) is 7.03. The molecule has 1 N–H and O–H groups in total. The number of nitrogens with zero attached hydrogens (tertiary/aromatic N) is 6. The van der Waals surface area contributed by atoms with Crippen molar-refractivity contribution < 1.29 is 5.11 Å². The Hall–Kier alpha value is -4.10. The second-order valence-electron chi connectivity index (χ2n) is 9.10. The second-order valence-corrected chi connectivity index (χ2v) is 9.10. The average molecular weight is 463 g/mol. The largest absolute Gasteiger partial charge is 0.507 e. The molecule has 0 aliphatic carbocycles. The van der Waals surface area contributed by atoms with Crippen LogP contribution in [-0.2, 0) is 7.05 Å². The van der Waals surface area contributed by atoms with Crippen molar-refractivity contribution in [2.45, 2.75) is 12.8 Å². The predicted octanol–water partition coefficient (Wildman–Crippen LogP) is 4.88. The van der Waals surface area contributed by atoms with Gasteiger partial charge in [0.2, 0.25) is 0 Å². The van der Waals surface area contributed by atoms with Gasteiger partial charge in [-0.05, 0) is 42.4 Å². The third kappa shape index (κ3) is 3.94. The molecule has 7 heteroatoms. The Kier molecular flexibility index (Phi) is 5.26. The number of fused-ring (bicyclic) bond motifs is 1. The number of hydrogen-bond donors (Lipinski definition) is 1. The molecule has 1 aliphatic heterocycles. The lowest BCUT2D eigenvalue weighted by Gasteiger charge is -2.37. The molecular weight excluding hydrogens is 436 g/mol. The zero-order valence-corrected chi connectivity index (χ0v) is 19.8. The molecule has 0 saturated carbocycles. The van der Waals surface area contributed by atoms with Crippen LogP contribution in [0.1, 0.15) is 18.5 Å². The summed E-state index contributed by atoms with van der Waals surface area (Å²) in [5.41, 5.74) is 7.02. The highest BCUT2D eigenvalue weighted by Gasteiger charge is 2.28. The number of likely N-dealkylation sites (tertiary alicyclic amines) is 1. The van der Waals surface area contributed by atoms with E-state index >= 15 is 0 Å². The van der Waals surface area contributed by atoms with Gasteiger partial charge in [-0.2, -0.15) is 15.3 Å². The van der Waals surface area contributed by atoms with Crippen LogP contribution in [0.15, 0.2) is 73.1 Å². The first kappa shape index (κ1) is 21.4. The SMILES string of the molecule is CCN1CC(c2ccc(-c3ccc(-c4cc5cn(C)nc5cn4)cc3-c3ccccc3O)nn2)C1. The molecule has 0 atom stereocenters. The lowest BCUT2D eigenvalue weighted by atomic mass is 9.92. The van der Waals surface area contributed by atoms with Gasteiger partial charge >= 0.3 is 0 Å². The summed E-state index contributed by atoms with van der Waals surface area (Å²) < 4.78 is 1.79. The van der Waals surface area contributed by atoms with Crippen molar-refractivity contribution in [2.75, 3.05) is 19.6 Å². The van der Waals surface area contributed by atoms with E-state index < -0.39 is 0 Å². The third-order valence-electron chi connectivity index (χ3n) is 6.80. The predicted molar refractivity (Wildman–Crippen MR) is 137 cm³/mol. The van der Waals surface area contributed by atoms with Gasteiger partial charge in [0.1, 0.15) is 11.3 Å². The summed E-state index contributed by atoms with van der Waals surface area (Å²) in [6, 6.07) is 19.7. The van der Waals surface area contributed by atoms with Gasteiger partial charge < -0.3 is 10.0 Å². The van der Waals surface area contributed by atoms with Crippen molar-refractivity contribution in [1.29, 1.82) is 0 Å². The van der Waals surface area contributed by atoms with Gasteiger partial charge in [0, 0.05) is 54.3 Å². The number of aryl methyl sites for hydroxylation is 1. The fourth-order valence-electron chi connectivity index (χ4n) is 4.78. The molecule has 1 saturated heterocycles. The summed E-state index contributed by atoms with van der Waals surface area (Å²) >= 11 is 0. The molecule has 7 nitrogen and oxygen atoms in total. The highest BCUT2D eigenvalue weighted by Crippen LogP contribution is 2.39. The molecule has 3 aromatic heterocycles. The number of phenols is 1. The maximum Gasteiger partial charge on any atom is 0.123 e. The van der Waals surface area contributed by atoms with Crippen molar-refractivity contribution in [3.8, 4) is 39.4 Å². The van der Waals surface area contributed by atoms with Crippen LogP contribution < -0.4 is 0 Å². The number of phenolic OH excluding ortho intramolecular Hbond substituents is 1. The van der Waals surface area contributed by atoms with E-state index in [9.17, 15) is 5.11 Å². The van der Waals surface area contributed by atoms with E-state index in [1.807, 2.05) is 55.7 Å². The van der Waals surface area contributed by atoms with Gasteiger partial charge in [-0.3, -0.25) is 9.67 Å². The number of rotatable bonds is 5. The molecule has 0 radical (unpaired) electrons. The minimum absolute atomic E-state index is 0.222. The van der Waals surface area contributed by atoms with Crippen LogP contribution in [0.3, 0.4) is 0 Å². The highest BCUT2D eigenvalue weighted by atomic mass is 16.3. The minimum Gasteiger partial charge on any atom is -0.507 e. The maximum atomic E-state index is 10.7. The number of likely N-dealkylation sites (N-methyl/N-ethyl adjacent to an activating group) is 1. The zero-order chi connectivity index (χ0) is 23.9. The third-order valence-corrected chi connectivity index (χ3v) is 6.80. The normalized spacial score (nSPS) is 14.3. The molecule has 174 valence electrons. The summed E-state index contributed by atoms with van der Waals surface area (Å²) in [5, 5.41) is 25.3. The number of para-hydroxylation sites is 1. The smallest absolute Gasteiger partial charge is 0.123 e. The van der Waals surface area contributed by atoms with Crippen molar-refractivity contribution in [3.63, 3.8) is 0 Å². The van der Waals surface area contributed by atoms with Crippen LogP contribution in [-0.4, -0.2) is 54.6 Å². The molecule has 0 amide bonds. The first-order chi connectivity index (χ1) is 17.1. The summed E-state index contributed by atoms with van der Waals surface area (Å²) in [5.74, 6) is 0.672. The van der Waals surface area contributed by atoms with Crippen LogP contribution in [0.25, 0.3) is 44.5 Å². The van der Waals surface area contributed by atoms with E-state index in [0.29, 0.717) is 5.92 Å². The maximum absolute atomic E-state index is 10.7. The fraction of sp³-hybridized carbons (Fsp3) is 0.214. The van der Waals surface area contributed by atoms with Crippen molar-refractivity contribution >= 4 is 10.9 Å². The first-order valence-electron chi connectivity index (χ1n) is 11.9. The van der Waals surface area contributed by atoms with Gasteiger partial charge in [0.25, 0.3) is 0 Å². The van der Waals surface area contributed by atoms with E-state index in [1.54, 1.807) is 16.9 Å². The van der Waals surface area contributed by atoms with E-state index in [0.717, 1.165) is 69.9 Å². The van der Waals surface area contributed by atoms with Gasteiger partial charge in [0.15, 0.2) is 0 Å². The van der Waals surface area contributed by atoms with Crippen LogP contribution >= 0.6 is 0 Å². The molecule has 0 spiro atoms. The number of pyridine rings is 1. The number of aromatic nitrogens is 5. The van der Waals surface area contributed by atoms with Gasteiger partial charge in [0.05, 0.1) is 23.3 Å².